The second-order valence-corrected chi connectivity index (χ2v) is 5.04. The maximum Gasteiger partial charge on any atom is 0.264 e. The first kappa shape index (κ1) is 14.3. The van der Waals surface area contributed by atoms with E-state index < -0.39 is 29.1 Å². The van der Waals surface area contributed by atoms with Gasteiger partial charge in [-0.05, 0) is 31.0 Å². The Morgan fingerprint density at radius 2 is 1.95 bits per heavy atom. The molecule has 6 heteroatoms. The molecule has 0 bridgehead atoms. The maximum absolute atomic E-state index is 12.9. The van der Waals surface area contributed by atoms with E-state index >= 15 is 0 Å². The van der Waals surface area contributed by atoms with Crippen molar-refractivity contribution in [1.29, 1.82) is 0 Å². The summed E-state index contributed by atoms with van der Waals surface area (Å²) in [6, 6.07) is 5.21. The van der Waals surface area contributed by atoms with Crippen LogP contribution in [0.2, 0.25) is 0 Å². The number of halogens is 1. The number of rotatable bonds is 3. The Morgan fingerprint density at radius 3 is 2.45 bits per heavy atom. The maximum atomic E-state index is 12.9. The van der Waals surface area contributed by atoms with Crippen LogP contribution in [-0.2, 0) is 9.59 Å². The molecule has 2 atom stereocenters. The number of hydrogen-bond acceptors (Lipinski definition) is 3. The molecule has 0 fully saturated rings. The van der Waals surface area contributed by atoms with Gasteiger partial charge in [-0.25, -0.2) is 4.39 Å². The van der Waals surface area contributed by atoms with Gasteiger partial charge in [0.05, 0.1) is 5.54 Å². The van der Waals surface area contributed by atoms with Crippen LogP contribution in [0.4, 0.5) is 4.39 Å². The summed E-state index contributed by atoms with van der Waals surface area (Å²) in [6.45, 7) is 3.53. The summed E-state index contributed by atoms with van der Waals surface area (Å²) in [5.74, 6) is -2.38. The molecule has 1 aromatic carbocycles. The molecule has 1 aliphatic heterocycles. The summed E-state index contributed by atoms with van der Waals surface area (Å²) in [5.41, 5.74) is 5.52. The minimum atomic E-state index is -1.05. The SMILES string of the molecule is CCC(C)(N)C1=NC(=O)C(c2ccc(F)cc2)C(=O)N1. The Balaban J connectivity index is 2.34. The number of nitrogens with one attached hydrogen (secondary N) is 1. The average Bonchev–Trinajstić information content (AvgIpc) is 2.40. The van der Waals surface area contributed by atoms with Crippen LogP contribution in [0.25, 0.3) is 0 Å². The molecule has 106 valence electrons. The predicted octanol–water partition coefficient (Wildman–Crippen LogP) is 1.09. The average molecular weight is 277 g/mol. The van der Waals surface area contributed by atoms with Crippen LogP contribution < -0.4 is 11.1 Å². The van der Waals surface area contributed by atoms with Crippen molar-refractivity contribution in [2.45, 2.75) is 31.7 Å². The fourth-order valence-corrected chi connectivity index (χ4v) is 1.89. The van der Waals surface area contributed by atoms with Crippen molar-refractivity contribution < 1.29 is 14.0 Å². The van der Waals surface area contributed by atoms with Gasteiger partial charge in [-0.15, -0.1) is 0 Å². The summed E-state index contributed by atoms with van der Waals surface area (Å²) < 4.78 is 12.9. The highest BCUT2D eigenvalue weighted by molar-refractivity contribution is 6.20. The Morgan fingerprint density at radius 1 is 1.35 bits per heavy atom. The van der Waals surface area contributed by atoms with Crippen LogP contribution >= 0.6 is 0 Å². The molecule has 0 spiro atoms. The van der Waals surface area contributed by atoms with Gasteiger partial charge in [0.25, 0.3) is 5.91 Å². The van der Waals surface area contributed by atoms with Gasteiger partial charge in [-0.2, -0.15) is 4.99 Å². The lowest BCUT2D eigenvalue weighted by Gasteiger charge is -2.29. The highest BCUT2D eigenvalue weighted by Gasteiger charge is 2.37. The molecule has 20 heavy (non-hydrogen) atoms. The van der Waals surface area contributed by atoms with Crippen LogP contribution in [0.1, 0.15) is 31.7 Å². The summed E-state index contributed by atoms with van der Waals surface area (Å²) in [5, 5.41) is 2.57. The molecule has 3 N–H and O–H groups in total. The zero-order chi connectivity index (χ0) is 14.9. The lowest BCUT2D eigenvalue weighted by Crippen LogP contribution is -2.56. The highest BCUT2D eigenvalue weighted by atomic mass is 19.1. The molecule has 1 aliphatic rings. The zero-order valence-corrected chi connectivity index (χ0v) is 11.3. The van der Waals surface area contributed by atoms with E-state index in [9.17, 15) is 14.0 Å². The van der Waals surface area contributed by atoms with Gasteiger partial charge in [-0.3, -0.25) is 9.59 Å². The summed E-state index contributed by atoms with van der Waals surface area (Å²) in [7, 11) is 0. The van der Waals surface area contributed by atoms with Gasteiger partial charge in [-0.1, -0.05) is 19.1 Å². The van der Waals surface area contributed by atoms with Gasteiger partial charge >= 0.3 is 0 Å². The number of nitrogens with two attached hydrogens (primary N) is 1. The zero-order valence-electron chi connectivity index (χ0n) is 11.3. The van der Waals surface area contributed by atoms with Gasteiger partial charge in [0.2, 0.25) is 5.91 Å². The van der Waals surface area contributed by atoms with E-state index in [-0.39, 0.29) is 5.84 Å². The third kappa shape index (κ3) is 2.60. The van der Waals surface area contributed by atoms with Crippen LogP contribution in [0, 0.1) is 5.82 Å². The van der Waals surface area contributed by atoms with Crippen molar-refractivity contribution in [2.24, 2.45) is 10.7 Å². The first-order valence-corrected chi connectivity index (χ1v) is 6.33. The van der Waals surface area contributed by atoms with Gasteiger partial charge in [0.1, 0.15) is 17.6 Å². The Labute approximate surface area is 116 Å². The van der Waals surface area contributed by atoms with Crippen molar-refractivity contribution in [3.63, 3.8) is 0 Å². The third-order valence-electron chi connectivity index (χ3n) is 3.45. The topological polar surface area (TPSA) is 84.5 Å². The fourth-order valence-electron chi connectivity index (χ4n) is 1.89. The Bertz CT molecular complexity index is 579. The first-order valence-electron chi connectivity index (χ1n) is 6.33. The molecule has 1 aromatic rings. The monoisotopic (exact) mass is 277 g/mol. The molecule has 1 heterocycles. The number of nitrogens with zero attached hydrogens (tertiary/aromatic N) is 1. The largest absolute Gasteiger partial charge is 0.319 e. The smallest absolute Gasteiger partial charge is 0.264 e. The number of amidine groups is 1. The lowest BCUT2D eigenvalue weighted by atomic mass is 9.92. The highest BCUT2D eigenvalue weighted by Crippen LogP contribution is 2.22. The number of carbonyl (C=O) groups excluding carboxylic acids is 2. The summed E-state index contributed by atoms with van der Waals surface area (Å²) >= 11 is 0. The molecule has 2 amide bonds. The quantitative estimate of drug-likeness (QED) is 0.811. The number of amides is 2. The van der Waals surface area contributed by atoms with Gasteiger partial charge in [0.15, 0.2) is 0 Å². The predicted molar refractivity (Wildman–Crippen MR) is 72.6 cm³/mol. The molecule has 5 nitrogen and oxygen atoms in total. The third-order valence-corrected chi connectivity index (χ3v) is 3.45. The van der Waals surface area contributed by atoms with Crippen molar-refractivity contribution in [3.05, 3.63) is 35.6 Å². The second-order valence-electron chi connectivity index (χ2n) is 5.04. The van der Waals surface area contributed by atoms with Gasteiger partial charge in [0, 0.05) is 0 Å². The van der Waals surface area contributed by atoms with Crippen molar-refractivity contribution in [3.8, 4) is 0 Å². The van der Waals surface area contributed by atoms with Crippen molar-refractivity contribution >= 4 is 17.6 Å². The number of aliphatic imine (C=N–C) groups is 1. The lowest BCUT2D eigenvalue weighted by molar-refractivity contribution is -0.130. The van der Waals surface area contributed by atoms with E-state index in [1.54, 1.807) is 6.92 Å². The van der Waals surface area contributed by atoms with Crippen LogP contribution in [-0.4, -0.2) is 23.2 Å². The standard InChI is InChI=1S/C14H16FN3O2/c1-3-14(2,16)13-17-11(19)10(12(20)18-13)8-4-6-9(15)7-5-8/h4-7,10H,3,16H2,1-2H3,(H,17,18,19,20). The van der Waals surface area contributed by atoms with E-state index in [0.717, 1.165) is 0 Å². The molecule has 0 radical (unpaired) electrons. The molecular weight excluding hydrogens is 261 g/mol. The van der Waals surface area contributed by atoms with Crippen LogP contribution in [0.3, 0.4) is 0 Å². The van der Waals surface area contributed by atoms with Gasteiger partial charge < -0.3 is 11.1 Å². The normalized spacial score (nSPS) is 22.0. The van der Waals surface area contributed by atoms with E-state index in [1.807, 2.05) is 6.92 Å². The summed E-state index contributed by atoms with van der Waals surface area (Å²) in [6.07, 6.45) is 0.528. The molecule has 0 saturated carbocycles. The first-order chi connectivity index (χ1) is 9.35. The number of hydrogen-bond donors (Lipinski definition) is 2. The van der Waals surface area contributed by atoms with Crippen molar-refractivity contribution in [1.82, 2.24) is 5.32 Å². The minimum absolute atomic E-state index is 0.174. The molecule has 2 unspecified atom stereocenters. The van der Waals surface area contributed by atoms with E-state index in [2.05, 4.69) is 10.3 Å². The van der Waals surface area contributed by atoms with E-state index in [0.29, 0.717) is 12.0 Å². The minimum Gasteiger partial charge on any atom is -0.319 e. The summed E-state index contributed by atoms with van der Waals surface area (Å²) in [4.78, 5) is 28.0. The molecular formula is C14H16FN3O2. The molecule has 2 rings (SSSR count). The number of benzene rings is 1. The Hall–Kier alpha value is -2.08. The second kappa shape index (κ2) is 5.13. The molecule has 0 saturated heterocycles. The fraction of sp³-hybridized carbons (Fsp3) is 0.357. The van der Waals surface area contributed by atoms with E-state index in [4.69, 9.17) is 5.73 Å². The Kier molecular flexibility index (Phi) is 3.67. The van der Waals surface area contributed by atoms with Crippen LogP contribution in [0.5, 0.6) is 0 Å². The molecule has 0 aliphatic carbocycles. The van der Waals surface area contributed by atoms with E-state index in [1.165, 1.54) is 24.3 Å². The van der Waals surface area contributed by atoms with Crippen LogP contribution in [0.15, 0.2) is 29.3 Å². The molecule has 0 aromatic heterocycles. The number of carbonyl (C=O) groups is 2. The van der Waals surface area contributed by atoms with Crippen molar-refractivity contribution in [2.75, 3.05) is 0 Å².